The van der Waals surface area contributed by atoms with Crippen molar-refractivity contribution in [1.82, 2.24) is 14.5 Å². The van der Waals surface area contributed by atoms with Crippen LogP contribution < -0.4 is 16.8 Å². The number of anilines is 2. The number of primary amides is 1. The second-order valence-electron chi connectivity index (χ2n) is 5.32. The van der Waals surface area contributed by atoms with Crippen LogP contribution in [0.15, 0.2) is 35.5 Å². The van der Waals surface area contributed by atoms with Crippen LogP contribution in [0.5, 0.6) is 0 Å². The lowest BCUT2D eigenvalue weighted by Crippen LogP contribution is -2.07. The van der Waals surface area contributed by atoms with E-state index in [0.717, 1.165) is 22.9 Å². The van der Waals surface area contributed by atoms with E-state index in [-0.39, 0.29) is 0 Å². The van der Waals surface area contributed by atoms with Crippen LogP contribution in [-0.2, 0) is 6.54 Å². The molecule has 0 fully saturated rings. The molecule has 0 radical (unpaired) electrons. The Kier molecular flexibility index (Phi) is 4.30. The molecule has 2 heterocycles. The minimum absolute atomic E-state index is 0.453. The maximum atomic E-state index is 11.4. The number of rotatable bonds is 4. The molecular weight excluding hydrogens is 324 g/mol. The standard InChI is InChI=1S/C16H18N6OS/c1-9-5-3-4-6-10(9)7-22-13(17)12(24-16(18)23)11-14(19-2)20-8-21-15(11)22/h3-6,8H,7,17H2,1-2H3,(H2,18,23)(H,19,20,21). The summed E-state index contributed by atoms with van der Waals surface area (Å²) in [5, 5.41) is 3.19. The van der Waals surface area contributed by atoms with Crippen LogP contribution in [0.4, 0.5) is 16.4 Å². The number of nitrogen functional groups attached to an aromatic ring is 1. The molecule has 0 atom stereocenters. The lowest BCUT2D eigenvalue weighted by Gasteiger charge is -2.10. The number of hydrogen-bond acceptors (Lipinski definition) is 6. The van der Waals surface area contributed by atoms with Gasteiger partial charge in [-0.2, -0.15) is 0 Å². The molecule has 124 valence electrons. The molecule has 0 saturated carbocycles. The molecule has 0 aliphatic rings. The molecule has 1 aromatic carbocycles. The van der Waals surface area contributed by atoms with Crippen molar-refractivity contribution >= 4 is 39.7 Å². The Morgan fingerprint density at radius 2 is 2.08 bits per heavy atom. The van der Waals surface area contributed by atoms with E-state index in [1.165, 1.54) is 6.33 Å². The highest BCUT2D eigenvalue weighted by atomic mass is 32.2. The predicted octanol–water partition coefficient (Wildman–Crippen LogP) is 2.58. The number of aryl methyl sites for hydroxylation is 1. The van der Waals surface area contributed by atoms with Crippen molar-refractivity contribution in [1.29, 1.82) is 0 Å². The summed E-state index contributed by atoms with van der Waals surface area (Å²) in [6.45, 7) is 2.60. The van der Waals surface area contributed by atoms with Crippen molar-refractivity contribution in [3.8, 4) is 0 Å². The van der Waals surface area contributed by atoms with Gasteiger partial charge in [-0.1, -0.05) is 24.3 Å². The molecule has 5 N–H and O–H groups in total. The highest BCUT2D eigenvalue weighted by Gasteiger charge is 2.22. The van der Waals surface area contributed by atoms with E-state index in [9.17, 15) is 4.79 Å². The average Bonchev–Trinajstić information content (AvgIpc) is 2.82. The summed E-state index contributed by atoms with van der Waals surface area (Å²) in [5.74, 6) is 1.06. The molecule has 3 aromatic rings. The van der Waals surface area contributed by atoms with E-state index >= 15 is 0 Å². The predicted molar refractivity (Wildman–Crippen MR) is 97.2 cm³/mol. The molecule has 7 nitrogen and oxygen atoms in total. The topological polar surface area (TPSA) is 112 Å². The summed E-state index contributed by atoms with van der Waals surface area (Å²) in [6, 6.07) is 8.06. The molecule has 24 heavy (non-hydrogen) atoms. The number of hydrogen-bond donors (Lipinski definition) is 3. The number of benzene rings is 1. The number of nitrogens with one attached hydrogen (secondary N) is 1. The fraction of sp³-hybridized carbons (Fsp3) is 0.188. The van der Waals surface area contributed by atoms with Crippen LogP contribution in [0.1, 0.15) is 11.1 Å². The van der Waals surface area contributed by atoms with Gasteiger partial charge in [0.15, 0.2) is 0 Å². The first-order valence-corrected chi connectivity index (χ1v) is 8.16. The normalized spacial score (nSPS) is 10.9. The summed E-state index contributed by atoms with van der Waals surface area (Å²) >= 11 is 0.893. The van der Waals surface area contributed by atoms with Gasteiger partial charge in [0.25, 0.3) is 5.24 Å². The van der Waals surface area contributed by atoms with Crippen molar-refractivity contribution < 1.29 is 4.79 Å². The fourth-order valence-electron chi connectivity index (χ4n) is 2.67. The van der Waals surface area contributed by atoms with Gasteiger partial charge in [0.1, 0.15) is 23.6 Å². The zero-order valence-electron chi connectivity index (χ0n) is 13.4. The summed E-state index contributed by atoms with van der Waals surface area (Å²) in [7, 11) is 1.76. The van der Waals surface area contributed by atoms with Crippen molar-refractivity contribution in [2.24, 2.45) is 5.73 Å². The Morgan fingerprint density at radius 3 is 2.75 bits per heavy atom. The molecule has 0 bridgehead atoms. The molecule has 2 aromatic heterocycles. The number of nitrogens with zero attached hydrogens (tertiary/aromatic N) is 3. The first kappa shape index (κ1) is 16.1. The number of fused-ring (bicyclic) bond motifs is 1. The molecule has 8 heteroatoms. The highest BCUT2D eigenvalue weighted by Crippen LogP contribution is 2.39. The van der Waals surface area contributed by atoms with Gasteiger partial charge in [0.2, 0.25) is 0 Å². The molecule has 3 rings (SSSR count). The van der Waals surface area contributed by atoms with Crippen molar-refractivity contribution in [3.05, 3.63) is 41.7 Å². The van der Waals surface area contributed by atoms with Crippen LogP contribution in [0, 0.1) is 6.92 Å². The van der Waals surface area contributed by atoms with E-state index in [4.69, 9.17) is 11.5 Å². The molecule has 0 aliphatic heterocycles. The minimum Gasteiger partial charge on any atom is -0.384 e. The second kappa shape index (κ2) is 6.40. The third-order valence-electron chi connectivity index (χ3n) is 3.86. The Hall–Kier alpha value is -2.74. The minimum atomic E-state index is -0.525. The lowest BCUT2D eigenvalue weighted by molar-refractivity contribution is 0.267. The van der Waals surface area contributed by atoms with Crippen LogP contribution in [-0.4, -0.2) is 26.8 Å². The van der Waals surface area contributed by atoms with E-state index < -0.39 is 5.24 Å². The third-order valence-corrected chi connectivity index (χ3v) is 4.68. The highest BCUT2D eigenvalue weighted by molar-refractivity contribution is 8.13. The van der Waals surface area contributed by atoms with E-state index in [0.29, 0.717) is 34.1 Å². The summed E-state index contributed by atoms with van der Waals surface area (Å²) in [6.07, 6.45) is 1.47. The quantitative estimate of drug-likeness (QED) is 0.628. The number of nitrogens with two attached hydrogens (primary N) is 2. The zero-order valence-corrected chi connectivity index (χ0v) is 14.2. The van der Waals surface area contributed by atoms with Gasteiger partial charge in [-0.3, -0.25) is 4.79 Å². The van der Waals surface area contributed by atoms with Gasteiger partial charge >= 0.3 is 0 Å². The summed E-state index contributed by atoms with van der Waals surface area (Å²) < 4.78 is 1.88. The van der Waals surface area contributed by atoms with Gasteiger partial charge in [0, 0.05) is 7.05 Å². The molecule has 0 unspecified atom stereocenters. The Labute approximate surface area is 143 Å². The average molecular weight is 342 g/mol. The number of amides is 1. The van der Waals surface area contributed by atoms with Crippen molar-refractivity contribution in [2.75, 3.05) is 18.1 Å². The van der Waals surface area contributed by atoms with E-state index in [2.05, 4.69) is 15.3 Å². The lowest BCUT2D eigenvalue weighted by atomic mass is 10.1. The van der Waals surface area contributed by atoms with Gasteiger partial charge in [-0.15, -0.1) is 0 Å². The number of carbonyl (C=O) groups excluding carboxylic acids is 1. The van der Waals surface area contributed by atoms with Gasteiger partial charge in [-0.25, -0.2) is 9.97 Å². The van der Waals surface area contributed by atoms with Crippen LogP contribution >= 0.6 is 11.8 Å². The molecule has 1 amide bonds. The Balaban J connectivity index is 2.23. The zero-order chi connectivity index (χ0) is 17.3. The first-order valence-electron chi connectivity index (χ1n) is 7.35. The molecule has 0 spiro atoms. The summed E-state index contributed by atoms with van der Waals surface area (Å²) in [5.41, 5.74) is 14.6. The van der Waals surface area contributed by atoms with Crippen molar-refractivity contribution in [3.63, 3.8) is 0 Å². The molecular formula is C16H18N6OS. The van der Waals surface area contributed by atoms with E-state index in [1.807, 2.05) is 35.8 Å². The Morgan fingerprint density at radius 1 is 1.33 bits per heavy atom. The molecule has 0 aliphatic carbocycles. The van der Waals surface area contributed by atoms with Crippen LogP contribution in [0.2, 0.25) is 0 Å². The van der Waals surface area contributed by atoms with Gasteiger partial charge in [0.05, 0.1) is 16.8 Å². The number of aromatic nitrogens is 3. The van der Waals surface area contributed by atoms with Crippen molar-refractivity contribution in [2.45, 2.75) is 18.4 Å². The van der Waals surface area contributed by atoms with Crippen LogP contribution in [0.3, 0.4) is 0 Å². The Bertz CT molecular complexity index is 920. The number of thioether (sulfide) groups is 1. The van der Waals surface area contributed by atoms with E-state index in [1.54, 1.807) is 7.05 Å². The SMILES string of the molecule is CNc1ncnc2c1c(SC(N)=O)c(N)n2Cc1ccccc1C. The van der Waals surface area contributed by atoms with Gasteiger partial charge in [-0.05, 0) is 29.8 Å². The smallest absolute Gasteiger partial charge is 0.281 e. The van der Waals surface area contributed by atoms with Crippen LogP contribution in [0.25, 0.3) is 11.0 Å². The van der Waals surface area contributed by atoms with Gasteiger partial charge < -0.3 is 21.4 Å². The maximum absolute atomic E-state index is 11.4. The largest absolute Gasteiger partial charge is 0.384 e. The maximum Gasteiger partial charge on any atom is 0.281 e. The first-order chi connectivity index (χ1) is 11.5. The summed E-state index contributed by atoms with van der Waals surface area (Å²) in [4.78, 5) is 20.6. The monoisotopic (exact) mass is 342 g/mol. The fourth-order valence-corrected chi connectivity index (χ4v) is 3.37. The molecule has 0 saturated heterocycles. The second-order valence-corrected chi connectivity index (χ2v) is 6.33. The number of carbonyl (C=O) groups is 1. The third kappa shape index (κ3) is 2.76.